The van der Waals surface area contributed by atoms with Crippen LogP contribution in [0.3, 0.4) is 0 Å². The van der Waals surface area contributed by atoms with Crippen molar-refractivity contribution >= 4 is 5.78 Å². The Kier molecular flexibility index (Phi) is 6.29. The molecule has 3 rings (SSSR count). The number of rotatable bonds is 6. The van der Waals surface area contributed by atoms with Gasteiger partial charge in [0.25, 0.3) is 0 Å². The van der Waals surface area contributed by atoms with Crippen LogP contribution in [0.25, 0.3) is 0 Å². The van der Waals surface area contributed by atoms with Crippen LogP contribution in [-0.2, 0) is 4.74 Å². The predicted octanol–water partition coefficient (Wildman–Crippen LogP) is 0.625. The SMILES string of the molecule is CC1=C[I-]CNC(O[C@@H]2CCC(CCC(=O)c3ccncc3)C2)=C1. The monoisotopic (exact) mass is 439 g/mol. The van der Waals surface area contributed by atoms with E-state index in [2.05, 4.69) is 27.4 Å². The number of Topliss-reactive ketones (excluding diaryl/α,β-unsaturated/α-hetero) is 1. The van der Waals surface area contributed by atoms with Crippen LogP contribution in [0.2, 0.25) is 0 Å². The van der Waals surface area contributed by atoms with Crippen molar-refractivity contribution < 1.29 is 30.7 Å². The quantitative estimate of drug-likeness (QED) is 0.306. The fourth-order valence-corrected chi connectivity index (χ4v) is 4.92. The minimum atomic E-state index is 0.108. The molecule has 1 aliphatic carbocycles. The second-order valence-electron chi connectivity index (χ2n) is 6.44. The summed E-state index contributed by atoms with van der Waals surface area (Å²) in [4.78, 5) is 16.2. The van der Waals surface area contributed by atoms with Gasteiger partial charge >= 0.3 is 137 Å². The first kappa shape index (κ1) is 17.5. The molecule has 0 bridgehead atoms. The fraction of sp³-hybridized carbons (Fsp3) is 0.474. The van der Waals surface area contributed by atoms with Gasteiger partial charge in [0.2, 0.25) is 0 Å². The Morgan fingerprint density at radius 2 is 2.21 bits per heavy atom. The van der Waals surface area contributed by atoms with Crippen LogP contribution in [0.1, 0.15) is 49.4 Å². The molecule has 5 heteroatoms. The summed E-state index contributed by atoms with van der Waals surface area (Å²) in [6.45, 7) is 2.14. The van der Waals surface area contributed by atoms with Crippen LogP contribution in [-0.4, -0.2) is 21.4 Å². The van der Waals surface area contributed by atoms with Crippen molar-refractivity contribution in [3.63, 3.8) is 0 Å². The van der Waals surface area contributed by atoms with Gasteiger partial charge in [0.1, 0.15) is 0 Å². The molecular weight excluding hydrogens is 415 g/mol. The number of halogens is 1. The molecule has 2 heterocycles. The fourth-order valence-electron chi connectivity index (χ4n) is 3.22. The second-order valence-corrected chi connectivity index (χ2v) is 8.71. The molecule has 2 aliphatic rings. The van der Waals surface area contributed by atoms with Crippen LogP contribution in [0.5, 0.6) is 0 Å². The third-order valence-corrected chi connectivity index (χ3v) is 6.74. The Bertz CT molecular complexity index is 628. The van der Waals surface area contributed by atoms with Crippen molar-refractivity contribution in [3.8, 4) is 0 Å². The third-order valence-electron chi connectivity index (χ3n) is 4.49. The third kappa shape index (κ3) is 5.06. The Balaban J connectivity index is 1.44. The van der Waals surface area contributed by atoms with Gasteiger partial charge in [0.15, 0.2) is 0 Å². The molecule has 0 saturated heterocycles. The van der Waals surface area contributed by atoms with E-state index in [4.69, 9.17) is 4.74 Å². The van der Waals surface area contributed by atoms with E-state index in [0.29, 0.717) is 12.3 Å². The topological polar surface area (TPSA) is 51.2 Å². The molecule has 0 spiro atoms. The van der Waals surface area contributed by atoms with E-state index < -0.39 is 0 Å². The Hall–Kier alpha value is -1.37. The van der Waals surface area contributed by atoms with Crippen molar-refractivity contribution in [2.75, 3.05) is 4.55 Å². The van der Waals surface area contributed by atoms with Gasteiger partial charge in [-0.3, -0.25) is 4.98 Å². The summed E-state index contributed by atoms with van der Waals surface area (Å²) in [5.41, 5.74) is 2.08. The number of aromatic nitrogens is 1. The van der Waals surface area contributed by atoms with Crippen LogP contribution < -0.4 is 26.5 Å². The number of ether oxygens (including phenoxy) is 1. The summed E-state index contributed by atoms with van der Waals surface area (Å²) >= 11 is 0.108. The molecule has 1 N–H and O–H groups in total. The number of hydrogen-bond acceptors (Lipinski definition) is 4. The van der Waals surface area contributed by atoms with E-state index in [1.807, 2.05) is 0 Å². The number of carbonyl (C=O) groups excluding carboxylic acids is 1. The molecule has 1 aromatic heterocycles. The van der Waals surface area contributed by atoms with Gasteiger partial charge in [-0.2, -0.15) is 0 Å². The number of pyridine rings is 1. The first-order valence-corrected chi connectivity index (χ1v) is 11.3. The summed E-state index contributed by atoms with van der Waals surface area (Å²) in [6.07, 6.45) is 10.6. The number of hydrogen-bond donors (Lipinski definition) is 1. The molecule has 0 amide bonds. The summed E-state index contributed by atoms with van der Waals surface area (Å²) < 4.78 is 9.54. The van der Waals surface area contributed by atoms with Gasteiger partial charge in [-0.25, -0.2) is 0 Å². The Morgan fingerprint density at radius 3 is 3.04 bits per heavy atom. The zero-order valence-electron chi connectivity index (χ0n) is 14.0. The minimum absolute atomic E-state index is 0.108. The Labute approximate surface area is 154 Å². The summed E-state index contributed by atoms with van der Waals surface area (Å²) in [6, 6.07) is 3.59. The molecule has 24 heavy (non-hydrogen) atoms. The van der Waals surface area contributed by atoms with E-state index in [1.54, 1.807) is 24.5 Å². The average molecular weight is 439 g/mol. The van der Waals surface area contributed by atoms with Gasteiger partial charge in [0, 0.05) is 12.4 Å². The van der Waals surface area contributed by atoms with Crippen molar-refractivity contribution in [1.29, 1.82) is 0 Å². The first-order valence-electron chi connectivity index (χ1n) is 8.50. The standard InChI is InChI=1S/C19H24IN2O2/c1-14-10-19(22-13-20-12-14)24-17-4-2-15(11-17)3-5-18(23)16-6-8-21-9-7-16/h6-10,12,15,17,22H,2-5,11,13H2,1H3/q-1/t15?,17-/m1/s1. The molecule has 4 nitrogen and oxygen atoms in total. The number of alkyl halides is 1. The van der Waals surface area contributed by atoms with Gasteiger partial charge in [-0.15, -0.1) is 0 Å². The Morgan fingerprint density at radius 1 is 1.38 bits per heavy atom. The summed E-state index contributed by atoms with van der Waals surface area (Å²) in [5.74, 6) is 1.75. The number of nitrogens with one attached hydrogen (secondary N) is 1. The molecule has 1 aromatic rings. The van der Waals surface area contributed by atoms with Crippen molar-refractivity contribution in [2.24, 2.45) is 5.92 Å². The molecule has 1 fully saturated rings. The average Bonchev–Trinajstić information content (AvgIpc) is 2.94. The number of ketones is 1. The van der Waals surface area contributed by atoms with Crippen LogP contribution in [0.4, 0.5) is 0 Å². The molecule has 0 radical (unpaired) electrons. The molecule has 1 saturated carbocycles. The zero-order valence-corrected chi connectivity index (χ0v) is 16.2. The molecule has 1 unspecified atom stereocenters. The normalized spacial score (nSPS) is 24.0. The van der Waals surface area contributed by atoms with E-state index in [9.17, 15) is 4.79 Å². The van der Waals surface area contributed by atoms with E-state index in [1.165, 1.54) is 5.57 Å². The molecular formula is C19H24IN2O2-. The zero-order chi connectivity index (χ0) is 16.8. The van der Waals surface area contributed by atoms with Gasteiger partial charge in [-0.05, 0) is 0 Å². The van der Waals surface area contributed by atoms with E-state index >= 15 is 0 Å². The second kappa shape index (κ2) is 8.65. The molecule has 0 aromatic carbocycles. The molecule has 2 atom stereocenters. The van der Waals surface area contributed by atoms with Gasteiger partial charge < -0.3 is 0 Å². The first-order chi connectivity index (χ1) is 11.7. The van der Waals surface area contributed by atoms with Gasteiger partial charge in [-0.1, -0.05) is 0 Å². The predicted molar refractivity (Wildman–Crippen MR) is 89.9 cm³/mol. The number of nitrogens with zero attached hydrogens (tertiary/aromatic N) is 1. The van der Waals surface area contributed by atoms with Crippen LogP contribution in [0.15, 0.2) is 46.1 Å². The van der Waals surface area contributed by atoms with Gasteiger partial charge in [0.05, 0.1) is 0 Å². The van der Waals surface area contributed by atoms with Crippen molar-refractivity contribution in [1.82, 2.24) is 10.3 Å². The van der Waals surface area contributed by atoms with Crippen LogP contribution >= 0.6 is 0 Å². The number of carbonyl (C=O) groups is 1. The van der Waals surface area contributed by atoms with Crippen LogP contribution in [0, 0.1) is 5.92 Å². The molecule has 130 valence electrons. The summed E-state index contributed by atoms with van der Waals surface area (Å²) in [5, 5.41) is 3.40. The summed E-state index contributed by atoms with van der Waals surface area (Å²) in [7, 11) is 0. The number of allylic oxidation sites excluding steroid dienone is 2. The maximum atomic E-state index is 12.2. The van der Waals surface area contributed by atoms with E-state index in [-0.39, 0.29) is 33.1 Å². The molecule has 1 aliphatic heterocycles. The van der Waals surface area contributed by atoms with E-state index in [0.717, 1.165) is 41.7 Å². The van der Waals surface area contributed by atoms with Crippen molar-refractivity contribution in [2.45, 2.75) is 45.1 Å². The van der Waals surface area contributed by atoms with Crippen molar-refractivity contribution in [3.05, 3.63) is 51.7 Å². The maximum absolute atomic E-state index is 12.2.